The fourth-order valence-electron chi connectivity index (χ4n) is 2.32. The lowest BCUT2D eigenvalue weighted by Crippen LogP contribution is -2.48. The number of rotatable bonds is 4. The van der Waals surface area contributed by atoms with E-state index in [0.717, 1.165) is 4.90 Å². The van der Waals surface area contributed by atoms with Gasteiger partial charge < -0.3 is 9.57 Å². The van der Waals surface area contributed by atoms with E-state index < -0.39 is 35.5 Å². The molecular weight excluding hydrogens is 340 g/mol. The second-order valence-corrected chi connectivity index (χ2v) is 6.85. The number of hydrogen-bond acceptors (Lipinski definition) is 6. The Kier molecular flexibility index (Phi) is 5.64. The van der Waals surface area contributed by atoms with Crippen molar-refractivity contribution in [1.82, 2.24) is 5.06 Å². The van der Waals surface area contributed by atoms with Crippen molar-refractivity contribution in [2.24, 2.45) is 0 Å². The van der Waals surface area contributed by atoms with Gasteiger partial charge in [-0.1, -0.05) is 18.2 Å². The van der Waals surface area contributed by atoms with E-state index in [1.807, 2.05) is 0 Å². The Morgan fingerprint density at radius 2 is 1.62 bits per heavy atom. The summed E-state index contributed by atoms with van der Waals surface area (Å²) in [5.74, 6) is -2.08. The van der Waals surface area contributed by atoms with Gasteiger partial charge in [0.15, 0.2) is 0 Å². The summed E-state index contributed by atoms with van der Waals surface area (Å²) in [7, 11) is 0. The molecule has 1 heterocycles. The summed E-state index contributed by atoms with van der Waals surface area (Å²) in [4.78, 5) is 54.4. The Balaban J connectivity index is 2.23. The van der Waals surface area contributed by atoms with Crippen molar-refractivity contribution in [2.75, 3.05) is 4.90 Å². The highest BCUT2D eigenvalue weighted by Gasteiger charge is 2.37. The number of benzene rings is 1. The van der Waals surface area contributed by atoms with Crippen LogP contribution in [0.3, 0.4) is 0 Å². The molecule has 1 aromatic carbocycles. The van der Waals surface area contributed by atoms with Crippen molar-refractivity contribution in [1.29, 1.82) is 0 Å². The van der Waals surface area contributed by atoms with Crippen LogP contribution in [-0.2, 0) is 24.0 Å². The number of nitrogens with zero attached hydrogens (tertiary/aromatic N) is 2. The summed E-state index contributed by atoms with van der Waals surface area (Å²) >= 11 is 0. The molecule has 0 saturated carbocycles. The van der Waals surface area contributed by atoms with Crippen molar-refractivity contribution in [3.05, 3.63) is 30.3 Å². The largest absolute Gasteiger partial charge is 0.443 e. The molecule has 26 heavy (non-hydrogen) atoms. The number of amides is 3. The van der Waals surface area contributed by atoms with Crippen molar-refractivity contribution in [3.63, 3.8) is 0 Å². The minimum Gasteiger partial charge on any atom is -0.443 e. The van der Waals surface area contributed by atoms with Crippen LogP contribution in [0.5, 0.6) is 0 Å². The normalized spacial score (nSPS) is 15.6. The summed E-state index contributed by atoms with van der Waals surface area (Å²) in [6.07, 6.45) is -0.753. The fourth-order valence-corrected chi connectivity index (χ4v) is 2.32. The van der Waals surface area contributed by atoms with Crippen molar-refractivity contribution in [3.8, 4) is 0 Å². The average molecular weight is 362 g/mol. The fraction of sp³-hybridized carbons (Fsp3) is 0.444. The molecule has 0 N–H and O–H groups in total. The molecule has 0 radical (unpaired) electrons. The van der Waals surface area contributed by atoms with Gasteiger partial charge in [-0.25, -0.2) is 9.59 Å². The topological polar surface area (TPSA) is 93.2 Å². The second-order valence-electron chi connectivity index (χ2n) is 6.85. The third-order valence-electron chi connectivity index (χ3n) is 3.54. The van der Waals surface area contributed by atoms with Gasteiger partial charge in [-0.05, 0) is 39.8 Å². The zero-order chi connectivity index (χ0) is 19.5. The van der Waals surface area contributed by atoms with Crippen LogP contribution in [-0.4, -0.2) is 40.6 Å². The van der Waals surface area contributed by atoms with E-state index in [1.54, 1.807) is 51.1 Å². The molecule has 8 heteroatoms. The van der Waals surface area contributed by atoms with E-state index in [4.69, 9.17) is 9.57 Å². The number of carbonyl (C=O) groups is 4. The Labute approximate surface area is 151 Å². The first-order chi connectivity index (χ1) is 12.1. The highest BCUT2D eigenvalue weighted by atomic mass is 16.7. The second kappa shape index (κ2) is 7.55. The van der Waals surface area contributed by atoms with Crippen molar-refractivity contribution < 1.29 is 28.8 Å². The summed E-state index contributed by atoms with van der Waals surface area (Å²) in [6, 6.07) is 7.34. The van der Waals surface area contributed by atoms with Crippen molar-refractivity contribution >= 4 is 29.6 Å². The quantitative estimate of drug-likeness (QED) is 0.764. The number of imide groups is 1. The third kappa shape index (κ3) is 4.59. The number of hydrogen-bond donors (Lipinski definition) is 0. The maximum absolute atomic E-state index is 12.6. The zero-order valence-corrected chi connectivity index (χ0v) is 15.2. The minimum absolute atomic E-state index is 0.00500. The van der Waals surface area contributed by atoms with Gasteiger partial charge in [0, 0.05) is 18.5 Å². The summed E-state index contributed by atoms with van der Waals surface area (Å²) in [6.45, 7) is 6.56. The maximum Gasteiger partial charge on any atom is 0.415 e. The highest BCUT2D eigenvalue weighted by molar-refractivity contribution is 6.02. The van der Waals surface area contributed by atoms with E-state index in [2.05, 4.69) is 0 Å². The van der Waals surface area contributed by atoms with Crippen LogP contribution in [0.4, 0.5) is 10.5 Å². The molecule has 1 aromatic rings. The summed E-state index contributed by atoms with van der Waals surface area (Å²) < 4.78 is 5.37. The van der Waals surface area contributed by atoms with Gasteiger partial charge in [-0.3, -0.25) is 14.5 Å². The van der Waals surface area contributed by atoms with Crippen LogP contribution >= 0.6 is 0 Å². The van der Waals surface area contributed by atoms with Gasteiger partial charge in [0.2, 0.25) is 0 Å². The van der Waals surface area contributed by atoms with Crippen LogP contribution in [0.15, 0.2) is 30.3 Å². The number of ether oxygens (including phenoxy) is 1. The predicted octanol–water partition coefficient (Wildman–Crippen LogP) is 2.42. The van der Waals surface area contributed by atoms with Crippen LogP contribution in [0.1, 0.15) is 40.5 Å². The number of carbonyl (C=O) groups excluding carboxylic acids is 4. The Hall–Kier alpha value is -2.90. The lowest BCUT2D eigenvalue weighted by atomic mass is 10.2. The van der Waals surface area contributed by atoms with Gasteiger partial charge in [-0.2, -0.15) is 0 Å². The van der Waals surface area contributed by atoms with Crippen LogP contribution < -0.4 is 4.90 Å². The van der Waals surface area contributed by atoms with E-state index in [-0.39, 0.29) is 12.8 Å². The average Bonchev–Trinajstić information content (AvgIpc) is 2.86. The standard InChI is InChI=1S/C18H22N2O6/c1-12(16(23)26-20-14(21)10-11-15(20)22)19(13-8-6-5-7-9-13)17(24)25-18(2,3)4/h5-9,12H,10-11H2,1-4H3. The molecule has 1 atom stereocenters. The van der Waals surface area contributed by atoms with Gasteiger partial charge in [0.25, 0.3) is 11.8 Å². The van der Waals surface area contributed by atoms with Crippen LogP contribution in [0.2, 0.25) is 0 Å². The first kappa shape index (κ1) is 19.4. The number of anilines is 1. The van der Waals surface area contributed by atoms with Crippen molar-refractivity contribution in [2.45, 2.75) is 52.2 Å². The summed E-state index contributed by atoms with van der Waals surface area (Å²) in [5, 5.41) is 0.455. The van der Waals surface area contributed by atoms with Gasteiger partial charge >= 0.3 is 12.1 Å². The molecule has 140 valence electrons. The Bertz CT molecular complexity index is 694. The Morgan fingerprint density at radius 1 is 1.08 bits per heavy atom. The molecule has 1 unspecified atom stereocenters. The van der Waals surface area contributed by atoms with Crippen LogP contribution in [0, 0.1) is 0 Å². The molecule has 1 fully saturated rings. The smallest absolute Gasteiger partial charge is 0.415 e. The lowest BCUT2D eigenvalue weighted by molar-refractivity contribution is -0.198. The molecule has 2 rings (SSSR count). The predicted molar refractivity (Wildman–Crippen MR) is 91.8 cm³/mol. The van der Waals surface area contributed by atoms with Gasteiger partial charge in [0.05, 0.1) is 0 Å². The molecule has 3 amide bonds. The summed E-state index contributed by atoms with van der Waals surface area (Å²) in [5.41, 5.74) is -0.348. The zero-order valence-electron chi connectivity index (χ0n) is 15.2. The van der Waals surface area contributed by atoms with Gasteiger partial charge in [-0.15, -0.1) is 5.06 Å². The number of hydroxylamine groups is 2. The molecule has 0 aliphatic carbocycles. The van der Waals surface area contributed by atoms with E-state index in [0.29, 0.717) is 10.8 Å². The minimum atomic E-state index is -1.12. The number of para-hydroxylation sites is 1. The molecular formula is C18H22N2O6. The monoisotopic (exact) mass is 362 g/mol. The first-order valence-electron chi connectivity index (χ1n) is 8.25. The molecule has 1 aliphatic heterocycles. The molecule has 8 nitrogen and oxygen atoms in total. The molecule has 0 spiro atoms. The third-order valence-corrected chi connectivity index (χ3v) is 3.54. The van der Waals surface area contributed by atoms with Crippen LogP contribution in [0.25, 0.3) is 0 Å². The SMILES string of the molecule is CC(C(=O)ON1C(=O)CCC1=O)N(C(=O)OC(C)(C)C)c1ccccc1. The van der Waals surface area contributed by atoms with E-state index in [1.165, 1.54) is 6.92 Å². The van der Waals surface area contributed by atoms with E-state index >= 15 is 0 Å². The first-order valence-corrected chi connectivity index (χ1v) is 8.25. The molecule has 1 aliphatic rings. The maximum atomic E-state index is 12.6. The van der Waals surface area contributed by atoms with E-state index in [9.17, 15) is 19.2 Å². The molecule has 0 bridgehead atoms. The Morgan fingerprint density at radius 3 is 2.12 bits per heavy atom. The van der Waals surface area contributed by atoms with Gasteiger partial charge in [0.1, 0.15) is 11.6 Å². The highest BCUT2D eigenvalue weighted by Crippen LogP contribution is 2.22. The molecule has 1 saturated heterocycles. The lowest BCUT2D eigenvalue weighted by Gasteiger charge is -2.31. The molecule has 0 aromatic heterocycles.